The van der Waals surface area contributed by atoms with Crippen molar-refractivity contribution in [3.63, 3.8) is 0 Å². The molecule has 0 spiro atoms. The van der Waals surface area contributed by atoms with Crippen LogP contribution in [0.1, 0.15) is 5.56 Å². The standard InChI is InChI=1S/C13H10ClNO4/c14-7-3-1-6(2-4-7)10-9-11(16)13-17-5-8(18-13)12(9)19-15-10/h1-4,8-9,12-13H,5H2/t8-,9+,12+,13+/m1/s1. The SMILES string of the molecule is O=C1[C@H]2OC[C@@H](O2)[C@@H]2ON=C(c3ccc(Cl)cc3)[C@@H]12. The number of benzene rings is 1. The maximum absolute atomic E-state index is 12.3. The molecule has 0 radical (unpaired) electrons. The minimum absolute atomic E-state index is 0.120. The van der Waals surface area contributed by atoms with Crippen molar-refractivity contribution in [1.82, 2.24) is 0 Å². The first-order valence-electron chi connectivity index (χ1n) is 6.04. The molecule has 1 aromatic rings. The van der Waals surface area contributed by atoms with Crippen molar-refractivity contribution in [2.24, 2.45) is 11.1 Å². The number of hydrogen-bond donors (Lipinski definition) is 0. The summed E-state index contributed by atoms with van der Waals surface area (Å²) in [4.78, 5) is 17.7. The van der Waals surface area contributed by atoms with Crippen LogP contribution in [0.25, 0.3) is 0 Å². The molecule has 0 saturated carbocycles. The largest absolute Gasteiger partial charge is 0.388 e. The van der Waals surface area contributed by atoms with Gasteiger partial charge in [0.1, 0.15) is 17.7 Å². The van der Waals surface area contributed by atoms with E-state index in [9.17, 15) is 4.79 Å². The Labute approximate surface area is 114 Å². The quantitative estimate of drug-likeness (QED) is 0.779. The van der Waals surface area contributed by atoms with E-state index >= 15 is 0 Å². The summed E-state index contributed by atoms with van der Waals surface area (Å²) in [6.07, 6.45) is -1.37. The lowest BCUT2D eigenvalue weighted by Crippen LogP contribution is -2.48. The lowest BCUT2D eigenvalue weighted by molar-refractivity contribution is -0.169. The van der Waals surface area contributed by atoms with Crippen molar-refractivity contribution < 1.29 is 19.1 Å². The van der Waals surface area contributed by atoms with E-state index in [1.165, 1.54) is 0 Å². The number of oxime groups is 1. The van der Waals surface area contributed by atoms with Gasteiger partial charge in [-0.3, -0.25) is 4.79 Å². The van der Waals surface area contributed by atoms with E-state index in [-0.39, 0.29) is 18.0 Å². The second kappa shape index (κ2) is 4.03. The average Bonchev–Trinajstić information content (AvgIpc) is 3.03. The Hall–Kier alpha value is -1.43. The molecule has 1 aromatic carbocycles. The molecule has 0 aliphatic carbocycles. The van der Waals surface area contributed by atoms with Crippen LogP contribution in [0.2, 0.25) is 5.02 Å². The second-order valence-corrected chi connectivity index (χ2v) is 5.21. The number of fused-ring (bicyclic) bond motifs is 4. The van der Waals surface area contributed by atoms with Crippen LogP contribution < -0.4 is 0 Å². The van der Waals surface area contributed by atoms with Gasteiger partial charge in [-0.2, -0.15) is 0 Å². The Bertz CT molecular complexity index is 571. The van der Waals surface area contributed by atoms with Gasteiger partial charge in [-0.15, -0.1) is 0 Å². The summed E-state index contributed by atoms with van der Waals surface area (Å²) in [6, 6.07) is 7.19. The van der Waals surface area contributed by atoms with Crippen LogP contribution >= 0.6 is 11.6 Å². The van der Waals surface area contributed by atoms with E-state index in [2.05, 4.69) is 5.16 Å². The predicted octanol–water partition coefficient (Wildman–Crippen LogP) is 1.38. The van der Waals surface area contributed by atoms with Gasteiger partial charge in [0.15, 0.2) is 6.10 Å². The molecule has 5 nitrogen and oxygen atoms in total. The van der Waals surface area contributed by atoms with Crippen LogP contribution in [0, 0.1) is 5.92 Å². The highest BCUT2D eigenvalue weighted by Crippen LogP contribution is 2.37. The Morgan fingerprint density at radius 1 is 1.26 bits per heavy atom. The van der Waals surface area contributed by atoms with Crippen LogP contribution in [0.4, 0.5) is 0 Å². The summed E-state index contributed by atoms with van der Waals surface area (Å²) < 4.78 is 10.7. The molecule has 4 rings (SSSR count). The zero-order valence-corrected chi connectivity index (χ0v) is 10.5. The van der Waals surface area contributed by atoms with Gasteiger partial charge in [0.25, 0.3) is 0 Å². The number of halogens is 1. The molecule has 6 heteroatoms. The first-order valence-corrected chi connectivity index (χ1v) is 6.42. The summed E-state index contributed by atoms with van der Waals surface area (Å²) in [5.74, 6) is -0.530. The lowest BCUT2D eigenvalue weighted by Gasteiger charge is -2.27. The van der Waals surface area contributed by atoms with Crippen LogP contribution in [-0.4, -0.2) is 36.6 Å². The number of rotatable bonds is 1. The molecule has 2 fully saturated rings. The van der Waals surface area contributed by atoms with Crippen molar-refractivity contribution >= 4 is 23.1 Å². The van der Waals surface area contributed by atoms with E-state index < -0.39 is 12.2 Å². The Balaban J connectivity index is 1.71. The Morgan fingerprint density at radius 3 is 2.84 bits per heavy atom. The van der Waals surface area contributed by atoms with Crippen LogP contribution in [0.3, 0.4) is 0 Å². The molecule has 0 aromatic heterocycles. The van der Waals surface area contributed by atoms with Crippen LogP contribution in [0.5, 0.6) is 0 Å². The molecule has 3 heterocycles. The number of ether oxygens (including phenoxy) is 2. The predicted molar refractivity (Wildman–Crippen MR) is 66.0 cm³/mol. The molecule has 2 bridgehead atoms. The average molecular weight is 280 g/mol. The van der Waals surface area contributed by atoms with E-state index in [1.54, 1.807) is 12.1 Å². The van der Waals surface area contributed by atoms with Crippen LogP contribution in [-0.2, 0) is 19.1 Å². The normalized spacial score (nSPS) is 35.8. The number of ketones is 1. The number of nitrogens with zero attached hydrogens (tertiary/aromatic N) is 1. The van der Waals surface area contributed by atoms with Gasteiger partial charge in [-0.1, -0.05) is 28.9 Å². The minimum atomic E-state index is -0.773. The third-order valence-corrected chi connectivity index (χ3v) is 3.90. The summed E-state index contributed by atoms with van der Waals surface area (Å²) in [6.45, 7) is 0.376. The van der Waals surface area contributed by atoms with Gasteiger partial charge in [0.2, 0.25) is 12.1 Å². The molecule has 0 unspecified atom stereocenters. The third kappa shape index (κ3) is 1.62. The summed E-state index contributed by atoms with van der Waals surface area (Å²) in [5, 5.41) is 4.71. The third-order valence-electron chi connectivity index (χ3n) is 3.65. The molecule has 3 aliphatic heterocycles. The monoisotopic (exact) mass is 279 g/mol. The van der Waals surface area contributed by atoms with Gasteiger partial charge >= 0.3 is 0 Å². The number of hydrogen-bond acceptors (Lipinski definition) is 5. The van der Waals surface area contributed by atoms with Crippen molar-refractivity contribution in [2.75, 3.05) is 6.61 Å². The summed E-state index contributed by atoms with van der Waals surface area (Å²) >= 11 is 5.86. The fourth-order valence-corrected chi connectivity index (χ4v) is 2.84. The van der Waals surface area contributed by atoms with Gasteiger partial charge < -0.3 is 14.3 Å². The maximum atomic E-state index is 12.3. The highest BCUT2D eigenvalue weighted by atomic mass is 35.5. The summed E-state index contributed by atoms with van der Waals surface area (Å²) in [5.41, 5.74) is 1.47. The molecule has 3 aliphatic rings. The smallest absolute Gasteiger partial charge is 0.219 e. The molecule has 98 valence electrons. The van der Waals surface area contributed by atoms with Crippen molar-refractivity contribution in [3.8, 4) is 0 Å². The first-order chi connectivity index (χ1) is 9.24. The molecular formula is C13H10ClNO4. The minimum Gasteiger partial charge on any atom is -0.388 e. The van der Waals surface area contributed by atoms with Crippen molar-refractivity contribution in [2.45, 2.75) is 18.5 Å². The van der Waals surface area contributed by atoms with Crippen molar-refractivity contribution in [3.05, 3.63) is 34.9 Å². The van der Waals surface area contributed by atoms with E-state index in [0.29, 0.717) is 17.3 Å². The second-order valence-electron chi connectivity index (χ2n) is 4.77. The van der Waals surface area contributed by atoms with Gasteiger partial charge in [-0.05, 0) is 12.1 Å². The maximum Gasteiger partial charge on any atom is 0.219 e. The number of carbonyl (C=O) groups is 1. The Morgan fingerprint density at radius 2 is 2.05 bits per heavy atom. The van der Waals surface area contributed by atoms with Crippen LogP contribution in [0.15, 0.2) is 29.4 Å². The molecule has 0 N–H and O–H groups in total. The summed E-state index contributed by atoms with van der Waals surface area (Å²) in [7, 11) is 0. The molecule has 0 amide bonds. The van der Waals surface area contributed by atoms with Gasteiger partial charge in [0, 0.05) is 10.6 Å². The molecule has 19 heavy (non-hydrogen) atoms. The highest BCUT2D eigenvalue weighted by Gasteiger charge is 2.56. The lowest BCUT2D eigenvalue weighted by atomic mass is 9.85. The zero-order valence-electron chi connectivity index (χ0n) is 9.78. The van der Waals surface area contributed by atoms with E-state index in [4.69, 9.17) is 25.9 Å². The fraction of sp³-hybridized carbons (Fsp3) is 0.385. The van der Waals surface area contributed by atoms with Gasteiger partial charge in [-0.25, -0.2) is 0 Å². The van der Waals surface area contributed by atoms with E-state index in [1.807, 2.05) is 12.1 Å². The topological polar surface area (TPSA) is 57.1 Å². The fourth-order valence-electron chi connectivity index (χ4n) is 2.71. The first kappa shape index (κ1) is 11.4. The number of Topliss-reactive ketones (excluding diaryl/α,β-unsaturated/α-hetero) is 1. The van der Waals surface area contributed by atoms with Gasteiger partial charge in [0.05, 0.1) is 6.61 Å². The number of carbonyl (C=O) groups excluding carboxylic acids is 1. The zero-order chi connectivity index (χ0) is 13.0. The van der Waals surface area contributed by atoms with E-state index in [0.717, 1.165) is 5.56 Å². The highest BCUT2D eigenvalue weighted by molar-refractivity contribution is 6.30. The Kier molecular flexibility index (Phi) is 2.42. The molecular weight excluding hydrogens is 270 g/mol. The molecule has 4 atom stereocenters. The molecule has 2 saturated heterocycles. The van der Waals surface area contributed by atoms with Crippen molar-refractivity contribution in [1.29, 1.82) is 0 Å².